The first kappa shape index (κ1) is 22.1. The fraction of sp³-hybridized carbons (Fsp3) is 0.316. The normalized spacial score (nSPS) is 10.2. The van der Waals surface area contributed by atoms with Gasteiger partial charge in [0.1, 0.15) is 5.75 Å². The first-order valence-corrected chi connectivity index (χ1v) is 8.49. The van der Waals surface area contributed by atoms with Crippen molar-refractivity contribution in [3.8, 4) is 5.75 Å². The number of likely N-dealkylation sites (N-methyl/N-ethyl adjacent to an activating group) is 1. The van der Waals surface area contributed by atoms with Gasteiger partial charge in [-0.3, -0.25) is 4.79 Å². The van der Waals surface area contributed by atoms with Crippen LogP contribution in [0.25, 0.3) is 0 Å². The SMILES string of the molecule is CNc1cc(OC)c(C(=O)NCCN(C)Cc2ccccc2)cc1Cl.Cl. The average molecular weight is 398 g/mol. The molecule has 0 saturated carbocycles. The Morgan fingerprint density at radius 2 is 1.92 bits per heavy atom. The van der Waals surface area contributed by atoms with Crippen LogP contribution in [0, 0.1) is 0 Å². The maximum absolute atomic E-state index is 12.4. The number of carbonyl (C=O) groups is 1. The van der Waals surface area contributed by atoms with Gasteiger partial charge in [-0.15, -0.1) is 12.4 Å². The van der Waals surface area contributed by atoms with Crippen LogP contribution in [0.2, 0.25) is 5.02 Å². The lowest BCUT2D eigenvalue weighted by Gasteiger charge is -2.17. The monoisotopic (exact) mass is 397 g/mol. The first-order chi connectivity index (χ1) is 12.0. The molecule has 0 spiro atoms. The summed E-state index contributed by atoms with van der Waals surface area (Å²) in [4.78, 5) is 14.6. The van der Waals surface area contributed by atoms with Crippen LogP contribution in [-0.4, -0.2) is 45.1 Å². The van der Waals surface area contributed by atoms with Gasteiger partial charge in [0, 0.05) is 32.7 Å². The van der Waals surface area contributed by atoms with Crippen molar-refractivity contribution in [1.29, 1.82) is 0 Å². The highest BCUT2D eigenvalue weighted by molar-refractivity contribution is 6.33. The number of nitrogens with one attached hydrogen (secondary N) is 2. The molecular formula is C19H25Cl2N3O2. The zero-order chi connectivity index (χ0) is 18.2. The number of ether oxygens (including phenoxy) is 1. The van der Waals surface area contributed by atoms with Crippen molar-refractivity contribution in [2.24, 2.45) is 0 Å². The highest BCUT2D eigenvalue weighted by atomic mass is 35.5. The Balaban J connectivity index is 0.00000338. The van der Waals surface area contributed by atoms with Crippen molar-refractivity contribution in [3.05, 3.63) is 58.6 Å². The maximum Gasteiger partial charge on any atom is 0.255 e. The number of anilines is 1. The number of carbonyl (C=O) groups excluding carboxylic acids is 1. The Morgan fingerprint density at radius 3 is 2.54 bits per heavy atom. The fourth-order valence-electron chi connectivity index (χ4n) is 2.52. The minimum atomic E-state index is -0.200. The molecule has 0 atom stereocenters. The number of hydrogen-bond acceptors (Lipinski definition) is 4. The van der Waals surface area contributed by atoms with E-state index in [1.54, 1.807) is 19.2 Å². The van der Waals surface area contributed by atoms with E-state index < -0.39 is 0 Å². The lowest BCUT2D eigenvalue weighted by molar-refractivity contribution is 0.0946. The molecule has 0 aliphatic carbocycles. The molecule has 0 aliphatic rings. The summed E-state index contributed by atoms with van der Waals surface area (Å²) in [6.07, 6.45) is 0. The van der Waals surface area contributed by atoms with E-state index >= 15 is 0 Å². The summed E-state index contributed by atoms with van der Waals surface area (Å²) in [5, 5.41) is 6.36. The number of rotatable bonds is 8. The Labute approximate surface area is 166 Å². The van der Waals surface area contributed by atoms with E-state index in [4.69, 9.17) is 16.3 Å². The smallest absolute Gasteiger partial charge is 0.255 e. The minimum absolute atomic E-state index is 0. The lowest BCUT2D eigenvalue weighted by atomic mass is 10.1. The van der Waals surface area contributed by atoms with Gasteiger partial charge < -0.3 is 20.3 Å². The van der Waals surface area contributed by atoms with Gasteiger partial charge in [0.05, 0.1) is 23.4 Å². The van der Waals surface area contributed by atoms with Gasteiger partial charge in [-0.1, -0.05) is 41.9 Å². The quantitative estimate of drug-likeness (QED) is 0.713. The minimum Gasteiger partial charge on any atom is -0.496 e. The number of hydrogen-bond donors (Lipinski definition) is 2. The van der Waals surface area contributed by atoms with Crippen molar-refractivity contribution >= 4 is 35.6 Å². The van der Waals surface area contributed by atoms with E-state index in [1.807, 2.05) is 25.2 Å². The summed E-state index contributed by atoms with van der Waals surface area (Å²) >= 11 is 6.17. The van der Waals surface area contributed by atoms with Gasteiger partial charge in [0.15, 0.2) is 0 Å². The molecule has 26 heavy (non-hydrogen) atoms. The number of amides is 1. The van der Waals surface area contributed by atoms with E-state index in [1.165, 1.54) is 12.7 Å². The number of halogens is 2. The molecule has 0 radical (unpaired) electrons. The van der Waals surface area contributed by atoms with Crippen LogP contribution in [0.1, 0.15) is 15.9 Å². The zero-order valence-corrected chi connectivity index (χ0v) is 16.8. The van der Waals surface area contributed by atoms with E-state index in [9.17, 15) is 4.79 Å². The summed E-state index contributed by atoms with van der Waals surface area (Å²) in [5.41, 5.74) is 2.39. The summed E-state index contributed by atoms with van der Waals surface area (Å²) in [7, 11) is 5.33. The Bertz CT molecular complexity index is 711. The van der Waals surface area contributed by atoms with E-state index in [2.05, 4.69) is 27.7 Å². The molecule has 0 unspecified atom stereocenters. The molecule has 2 N–H and O–H groups in total. The summed E-state index contributed by atoms with van der Waals surface area (Å²) in [6, 6.07) is 13.6. The third kappa shape index (κ3) is 6.09. The molecule has 0 aromatic heterocycles. The standard InChI is InChI=1S/C19H24ClN3O2.ClH/c1-21-17-12-18(25-3)15(11-16(17)20)19(24)22-9-10-23(2)13-14-7-5-4-6-8-14;/h4-8,11-12,21H,9-10,13H2,1-3H3,(H,22,24);1H. The highest BCUT2D eigenvalue weighted by Gasteiger charge is 2.15. The van der Waals surface area contributed by atoms with Gasteiger partial charge >= 0.3 is 0 Å². The van der Waals surface area contributed by atoms with E-state index in [-0.39, 0.29) is 18.3 Å². The Hall–Kier alpha value is -1.95. The molecule has 0 heterocycles. The van der Waals surface area contributed by atoms with Crippen molar-refractivity contribution in [2.75, 3.05) is 39.6 Å². The Morgan fingerprint density at radius 1 is 1.23 bits per heavy atom. The van der Waals surface area contributed by atoms with Crippen LogP contribution in [0.5, 0.6) is 5.75 Å². The second kappa shape index (κ2) is 10.9. The van der Waals surface area contributed by atoms with Gasteiger partial charge in [0.2, 0.25) is 0 Å². The molecule has 5 nitrogen and oxygen atoms in total. The third-order valence-corrected chi connectivity index (χ3v) is 4.19. The number of benzene rings is 2. The molecule has 0 aliphatic heterocycles. The zero-order valence-electron chi connectivity index (χ0n) is 15.2. The van der Waals surface area contributed by atoms with Crippen LogP contribution >= 0.6 is 24.0 Å². The highest BCUT2D eigenvalue weighted by Crippen LogP contribution is 2.30. The molecule has 2 aromatic rings. The molecular weight excluding hydrogens is 373 g/mol. The number of methoxy groups -OCH3 is 1. The maximum atomic E-state index is 12.4. The first-order valence-electron chi connectivity index (χ1n) is 8.11. The van der Waals surface area contributed by atoms with Crippen LogP contribution in [0.3, 0.4) is 0 Å². The molecule has 1 amide bonds. The van der Waals surface area contributed by atoms with E-state index in [0.29, 0.717) is 22.9 Å². The van der Waals surface area contributed by atoms with E-state index in [0.717, 1.165) is 18.8 Å². The topological polar surface area (TPSA) is 53.6 Å². The van der Waals surface area contributed by atoms with Crippen LogP contribution in [-0.2, 0) is 6.54 Å². The van der Waals surface area contributed by atoms with Crippen LogP contribution in [0.4, 0.5) is 5.69 Å². The molecule has 7 heteroatoms. The van der Waals surface area contributed by atoms with Gasteiger partial charge in [-0.25, -0.2) is 0 Å². The molecule has 0 saturated heterocycles. The molecule has 0 bridgehead atoms. The van der Waals surface area contributed by atoms with Crippen LogP contribution in [0.15, 0.2) is 42.5 Å². The largest absolute Gasteiger partial charge is 0.496 e. The van der Waals surface area contributed by atoms with Crippen molar-refractivity contribution in [2.45, 2.75) is 6.54 Å². The summed E-state index contributed by atoms with van der Waals surface area (Å²) in [5.74, 6) is 0.290. The van der Waals surface area contributed by atoms with Crippen molar-refractivity contribution in [3.63, 3.8) is 0 Å². The molecule has 2 rings (SSSR count). The Kier molecular flexibility index (Phi) is 9.27. The second-order valence-corrected chi connectivity index (χ2v) is 6.17. The predicted molar refractivity (Wildman–Crippen MR) is 110 cm³/mol. The second-order valence-electron chi connectivity index (χ2n) is 5.76. The molecule has 142 valence electrons. The molecule has 2 aromatic carbocycles. The average Bonchev–Trinajstić information content (AvgIpc) is 2.62. The van der Waals surface area contributed by atoms with Crippen molar-refractivity contribution in [1.82, 2.24) is 10.2 Å². The molecule has 0 fully saturated rings. The summed E-state index contributed by atoms with van der Waals surface area (Å²) < 4.78 is 5.30. The van der Waals surface area contributed by atoms with Gasteiger partial charge in [-0.2, -0.15) is 0 Å². The van der Waals surface area contributed by atoms with Crippen molar-refractivity contribution < 1.29 is 9.53 Å². The van der Waals surface area contributed by atoms with Gasteiger partial charge in [0.25, 0.3) is 5.91 Å². The van der Waals surface area contributed by atoms with Gasteiger partial charge in [-0.05, 0) is 18.7 Å². The third-order valence-electron chi connectivity index (χ3n) is 3.88. The lowest BCUT2D eigenvalue weighted by Crippen LogP contribution is -2.33. The van der Waals surface area contributed by atoms with Crippen LogP contribution < -0.4 is 15.4 Å². The summed E-state index contributed by atoms with van der Waals surface area (Å²) in [6.45, 7) is 2.12. The number of nitrogens with zero attached hydrogens (tertiary/aromatic N) is 1. The fourth-order valence-corrected chi connectivity index (χ4v) is 2.78. The predicted octanol–water partition coefficient (Wildman–Crippen LogP) is 3.67.